The molecule has 12 heteroatoms. The predicted molar refractivity (Wildman–Crippen MR) is 102 cm³/mol. The molecule has 0 aliphatic carbocycles. The van der Waals surface area contributed by atoms with Crippen molar-refractivity contribution in [1.29, 1.82) is 0 Å². The zero-order chi connectivity index (χ0) is 21.9. The summed E-state index contributed by atoms with van der Waals surface area (Å²) in [5.41, 5.74) is -4.14. The molecule has 0 aromatic carbocycles. The molecule has 1 unspecified atom stereocenters. The van der Waals surface area contributed by atoms with E-state index < -0.39 is 58.1 Å². The van der Waals surface area contributed by atoms with Gasteiger partial charge in [-0.25, -0.2) is 9.37 Å². The molecule has 28 heavy (non-hydrogen) atoms. The summed E-state index contributed by atoms with van der Waals surface area (Å²) in [5, 5.41) is 4.30. The number of nitrogens with zero attached hydrogens (tertiary/aromatic N) is 3. The van der Waals surface area contributed by atoms with Crippen molar-refractivity contribution in [2.75, 3.05) is 20.8 Å². The normalized spacial score (nSPS) is 16.6. The van der Waals surface area contributed by atoms with Crippen LogP contribution in [0.2, 0.25) is 0 Å². The fourth-order valence-corrected chi connectivity index (χ4v) is 3.37. The Morgan fingerprint density at radius 3 is 2.32 bits per heavy atom. The van der Waals surface area contributed by atoms with Gasteiger partial charge in [-0.05, 0) is 42.8 Å². The van der Waals surface area contributed by atoms with E-state index >= 15 is 0 Å². The minimum Gasteiger partial charge on any atom is -0.598 e. The minimum atomic E-state index is -4.91. The lowest BCUT2D eigenvalue weighted by molar-refractivity contribution is -0.0631. The topological polar surface area (TPSA) is 63.6 Å². The van der Waals surface area contributed by atoms with Crippen molar-refractivity contribution >= 4 is 33.0 Å². The highest BCUT2D eigenvalue weighted by molar-refractivity contribution is 9.10. The fourth-order valence-electron chi connectivity index (χ4n) is 2.14. The number of aromatic nitrogens is 1. The molecule has 0 bridgehead atoms. The van der Waals surface area contributed by atoms with Gasteiger partial charge in [0.25, 0.3) is 0 Å². The number of hydrazone groups is 1. The number of halogens is 6. The van der Waals surface area contributed by atoms with Crippen LogP contribution in [0.5, 0.6) is 0 Å². The largest absolute Gasteiger partial charge is 0.598 e. The molecule has 1 heterocycles. The van der Waals surface area contributed by atoms with E-state index in [0.717, 1.165) is 17.3 Å². The van der Waals surface area contributed by atoms with Crippen LogP contribution in [0.3, 0.4) is 0 Å². The zero-order valence-corrected chi connectivity index (χ0v) is 18.4. The number of nitrogens with one attached hydrogen (secondary N) is 1. The molecule has 0 saturated carbocycles. The highest BCUT2D eigenvalue weighted by atomic mass is 79.9. The standard InChI is InChI=1S/C16H22BrF5N4OS/c1-14(2,3)28(27)25-15(9-18,11-6-10(17)8-23-13(11)19)7-12(16(20,21)22)24-26(4)5/h6,8,25H,7,9H2,1-5H3/b24-12+/t15-,28?/m1/s1. The zero-order valence-electron chi connectivity index (χ0n) is 16.0. The molecule has 1 N–H and O–H groups in total. The van der Waals surface area contributed by atoms with Crippen molar-refractivity contribution < 1.29 is 26.5 Å². The monoisotopic (exact) mass is 492 g/mol. The molecule has 1 aromatic heterocycles. The van der Waals surface area contributed by atoms with Gasteiger partial charge >= 0.3 is 6.18 Å². The van der Waals surface area contributed by atoms with Crippen LogP contribution in [0.4, 0.5) is 22.0 Å². The molecule has 2 atom stereocenters. The van der Waals surface area contributed by atoms with Crippen molar-refractivity contribution in [3.63, 3.8) is 0 Å². The highest BCUT2D eigenvalue weighted by Crippen LogP contribution is 2.35. The number of pyridine rings is 1. The summed E-state index contributed by atoms with van der Waals surface area (Å²) in [4.78, 5) is 3.44. The molecule has 160 valence electrons. The van der Waals surface area contributed by atoms with Crippen molar-refractivity contribution in [2.45, 2.75) is 43.7 Å². The van der Waals surface area contributed by atoms with Crippen LogP contribution in [0.1, 0.15) is 32.8 Å². The number of hydrogen-bond acceptors (Lipinski definition) is 5. The summed E-state index contributed by atoms with van der Waals surface area (Å²) < 4.78 is 83.5. The van der Waals surface area contributed by atoms with Crippen LogP contribution >= 0.6 is 15.9 Å². The van der Waals surface area contributed by atoms with Crippen LogP contribution in [-0.2, 0) is 16.9 Å². The Labute approximate surface area is 172 Å². The first-order valence-corrected chi connectivity index (χ1v) is 9.96. The lowest BCUT2D eigenvalue weighted by atomic mass is 9.87. The Kier molecular flexibility index (Phi) is 8.26. The molecule has 0 spiro atoms. The average molecular weight is 493 g/mol. The van der Waals surface area contributed by atoms with Crippen LogP contribution in [0.25, 0.3) is 0 Å². The summed E-state index contributed by atoms with van der Waals surface area (Å²) in [5.74, 6) is -1.18. The van der Waals surface area contributed by atoms with Crippen LogP contribution in [0, 0.1) is 5.95 Å². The van der Waals surface area contributed by atoms with Crippen molar-refractivity contribution in [1.82, 2.24) is 14.7 Å². The Balaban J connectivity index is 3.63. The molecular formula is C16H22BrF5N4OS. The second-order valence-corrected chi connectivity index (χ2v) is 10.1. The lowest BCUT2D eigenvalue weighted by Crippen LogP contribution is -2.55. The SMILES string of the molecule is CN(C)/N=C(\C[C@](CF)(N[S+]([O-])C(C)(C)C)c1cc(Br)cnc1F)C(F)(F)F. The molecule has 0 radical (unpaired) electrons. The van der Waals surface area contributed by atoms with E-state index in [1.54, 1.807) is 20.8 Å². The van der Waals surface area contributed by atoms with Crippen molar-refractivity contribution in [3.05, 3.63) is 28.2 Å². The van der Waals surface area contributed by atoms with Crippen LogP contribution in [0.15, 0.2) is 21.8 Å². The smallest absolute Gasteiger partial charge is 0.431 e. The van der Waals surface area contributed by atoms with Gasteiger partial charge in [-0.3, -0.25) is 0 Å². The quantitative estimate of drug-likeness (QED) is 0.205. The van der Waals surface area contributed by atoms with Gasteiger partial charge < -0.3 is 9.56 Å². The summed E-state index contributed by atoms with van der Waals surface area (Å²) in [6, 6.07) is 1.11. The maximum atomic E-state index is 14.4. The maximum Gasteiger partial charge on any atom is 0.431 e. The summed E-state index contributed by atoms with van der Waals surface area (Å²) in [6.45, 7) is 3.17. The molecule has 5 nitrogen and oxygen atoms in total. The number of rotatable bonds is 7. The van der Waals surface area contributed by atoms with Gasteiger partial charge in [0.1, 0.15) is 22.7 Å². The van der Waals surface area contributed by atoms with Gasteiger partial charge in [0.15, 0.2) is 0 Å². The van der Waals surface area contributed by atoms with E-state index in [9.17, 15) is 26.5 Å². The van der Waals surface area contributed by atoms with Crippen LogP contribution < -0.4 is 4.72 Å². The first-order chi connectivity index (χ1) is 12.6. The van der Waals surface area contributed by atoms with Gasteiger partial charge in [0, 0.05) is 48.1 Å². The fraction of sp³-hybridized carbons (Fsp3) is 0.625. The summed E-state index contributed by atoms with van der Waals surface area (Å²) in [7, 11) is 2.54. The number of hydrogen-bond donors (Lipinski definition) is 1. The second kappa shape index (κ2) is 9.23. The predicted octanol–water partition coefficient (Wildman–Crippen LogP) is 4.07. The van der Waals surface area contributed by atoms with E-state index in [-0.39, 0.29) is 4.47 Å². The van der Waals surface area contributed by atoms with Crippen molar-refractivity contribution in [2.24, 2.45) is 5.10 Å². The Hall–Kier alpha value is -0.980. The van der Waals surface area contributed by atoms with E-state index in [4.69, 9.17) is 0 Å². The first-order valence-electron chi connectivity index (χ1n) is 8.01. The summed E-state index contributed by atoms with van der Waals surface area (Å²) >= 11 is 1.04. The van der Waals surface area contributed by atoms with Crippen LogP contribution in [-0.4, -0.2) is 52.0 Å². The molecule has 1 aromatic rings. The average Bonchev–Trinajstić information content (AvgIpc) is 2.53. The first kappa shape index (κ1) is 25.1. The molecule has 1 rings (SSSR count). The lowest BCUT2D eigenvalue weighted by Gasteiger charge is -2.36. The molecule has 0 fully saturated rings. The van der Waals surface area contributed by atoms with E-state index in [2.05, 4.69) is 30.7 Å². The third kappa shape index (κ3) is 6.53. The van der Waals surface area contributed by atoms with E-state index in [0.29, 0.717) is 0 Å². The molecular weight excluding hydrogens is 471 g/mol. The molecule has 0 saturated heterocycles. The maximum absolute atomic E-state index is 14.4. The number of alkyl halides is 4. The third-order valence-corrected chi connectivity index (χ3v) is 5.63. The Bertz CT molecular complexity index is 711. The third-order valence-electron chi connectivity index (χ3n) is 3.51. The second-order valence-electron chi connectivity index (χ2n) is 7.26. The van der Waals surface area contributed by atoms with E-state index in [1.165, 1.54) is 14.1 Å². The highest BCUT2D eigenvalue weighted by Gasteiger charge is 2.49. The Morgan fingerprint density at radius 1 is 1.32 bits per heavy atom. The van der Waals surface area contributed by atoms with Gasteiger partial charge in [-0.1, -0.05) is 0 Å². The van der Waals surface area contributed by atoms with Gasteiger partial charge in [-0.15, -0.1) is 4.72 Å². The van der Waals surface area contributed by atoms with Crippen molar-refractivity contribution in [3.8, 4) is 0 Å². The molecule has 0 aliphatic heterocycles. The minimum absolute atomic E-state index is 0.225. The summed E-state index contributed by atoms with van der Waals surface area (Å²) in [6.07, 6.45) is -4.92. The Morgan fingerprint density at radius 2 is 1.89 bits per heavy atom. The molecule has 0 amide bonds. The van der Waals surface area contributed by atoms with Gasteiger partial charge in [0.05, 0.1) is 0 Å². The van der Waals surface area contributed by atoms with E-state index in [1.807, 2.05) is 0 Å². The molecule has 0 aliphatic rings. The van der Waals surface area contributed by atoms with Gasteiger partial charge in [-0.2, -0.15) is 22.7 Å². The van der Waals surface area contributed by atoms with Gasteiger partial charge in [0.2, 0.25) is 5.95 Å².